The molecule has 0 atom stereocenters. The zero-order valence-corrected chi connectivity index (χ0v) is 11.8. The summed E-state index contributed by atoms with van der Waals surface area (Å²) in [7, 11) is 0. The van der Waals surface area contributed by atoms with Crippen LogP contribution in [-0.2, 0) is 12.8 Å². The lowest BCUT2D eigenvalue weighted by Gasteiger charge is -2.20. The minimum atomic E-state index is 0.684. The Morgan fingerprint density at radius 2 is 1.95 bits per heavy atom. The van der Waals surface area contributed by atoms with E-state index in [1.54, 1.807) is 0 Å². The molecular weight excluding hydrogens is 252 g/mol. The minimum Gasteiger partial charge on any atom is -0.317 e. The summed E-state index contributed by atoms with van der Waals surface area (Å²) in [5.74, 6) is 0.684. The molecule has 2 nitrogen and oxygen atoms in total. The first-order chi connectivity index (χ1) is 9.42. The third-order valence-electron chi connectivity index (χ3n) is 4.30. The smallest absolute Gasteiger partial charge is 0.0967 e. The van der Waals surface area contributed by atoms with Crippen LogP contribution in [0.1, 0.15) is 34.2 Å². The first-order valence-corrected chi connectivity index (χ1v) is 8.02. The number of benzene rings is 1. The summed E-state index contributed by atoms with van der Waals surface area (Å²) in [6.07, 6.45) is 4.84. The van der Waals surface area contributed by atoms with Crippen LogP contribution >= 0.6 is 11.3 Å². The molecule has 1 N–H and O–H groups in total. The summed E-state index contributed by atoms with van der Waals surface area (Å²) in [4.78, 5) is 6.51. The molecule has 2 heterocycles. The molecule has 1 saturated heterocycles. The van der Waals surface area contributed by atoms with Gasteiger partial charge in [0.15, 0.2) is 0 Å². The predicted octanol–water partition coefficient (Wildman–Crippen LogP) is 3.38. The molecule has 2 aliphatic rings. The van der Waals surface area contributed by atoms with Crippen molar-refractivity contribution in [1.82, 2.24) is 10.3 Å². The van der Waals surface area contributed by atoms with Crippen LogP contribution in [0, 0.1) is 0 Å². The van der Waals surface area contributed by atoms with Crippen LogP contribution in [0.4, 0.5) is 0 Å². The van der Waals surface area contributed by atoms with Crippen LogP contribution in [0.15, 0.2) is 24.3 Å². The molecule has 2 aromatic rings. The van der Waals surface area contributed by atoms with Crippen LogP contribution in [0.3, 0.4) is 0 Å². The monoisotopic (exact) mass is 270 g/mol. The summed E-state index contributed by atoms with van der Waals surface area (Å²) >= 11 is 1.97. The molecule has 1 fully saturated rings. The minimum absolute atomic E-state index is 0.684. The lowest BCUT2D eigenvalue weighted by molar-refractivity contribution is 0.459. The van der Waals surface area contributed by atoms with Crippen LogP contribution in [0.2, 0.25) is 0 Å². The highest BCUT2D eigenvalue weighted by molar-refractivity contribution is 7.12. The van der Waals surface area contributed by atoms with E-state index < -0.39 is 0 Å². The summed E-state index contributed by atoms with van der Waals surface area (Å²) in [5, 5.41) is 4.82. The molecule has 19 heavy (non-hydrogen) atoms. The van der Waals surface area contributed by atoms with E-state index in [1.165, 1.54) is 52.4 Å². The highest BCUT2D eigenvalue weighted by Crippen LogP contribution is 2.39. The number of hydrogen-bond donors (Lipinski definition) is 1. The Bertz CT molecular complexity index is 597. The average molecular weight is 270 g/mol. The van der Waals surface area contributed by atoms with Crippen LogP contribution in [0.25, 0.3) is 11.3 Å². The largest absolute Gasteiger partial charge is 0.317 e. The number of hydrogen-bond acceptors (Lipinski definition) is 3. The third kappa shape index (κ3) is 2.01. The number of piperidine rings is 1. The van der Waals surface area contributed by atoms with Gasteiger partial charge in [0.05, 0.1) is 10.7 Å². The van der Waals surface area contributed by atoms with Crippen molar-refractivity contribution in [3.8, 4) is 11.3 Å². The van der Waals surface area contributed by atoms with E-state index >= 15 is 0 Å². The van der Waals surface area contributed by atoms with Gasteiger partial charge in [-0.2, -0.15) is 0 Å². The van der Waals surface area contributed by atoms with Crippen LogP contribution in [-0.4, -0.2) is 18.1 Å². The van der Waals surface area contributed by atoms with Crippen molar-refractivity contribution < 1.29 is 0 Å². The Balaban J connectivity index is 1.74. The first-order valence-electron chi connectivity index (χ1n) is 7.20. The summed E-state index contributed by atoms with van der Waals surface area (Å²) in [6, 6.07) is 8.77. The fourth-order valence-electron chi connectivity index (χ4n) is 3.21. The molecule has 1 aromatic heterocycles. The van der Waals surface area contributed by atoms with E-state index in [0.29, 0.717) is 5.92 Å². The molecule has 3 heteroatoms. The SMILES string of the molecule is c1ccc2c(c1)CCc1sc(C3CCNCC3)nc1-2. The van der Waals surface area contributed by atoms with Gasteiger partial charge < -0.3 is 5.32 Å². The molecule has 0 radical (unpaired) electrons. The number of aryl methyl sites for hydroxylation is 2. The standard InChI is InChI=1S/C16H18N2S/c1-2-4-13-11(3-1)5-6-14-15(13)18-16(19-14)12-7-9-17-10-8-12/h1-4,12,17H,5-10H2. The fraction of sp³-hybridized carbons (Fsp3) is 0.438. The van der Waals surface area contributed by atoms with E-state index in [0.717, 1.165) is 13.1 Å². The lowest BCUT2D eigenvalue weighted by atomic mass is 9.93. The predicted molar refractivity (Wildman–Crippen MR) is 79.8 cm³/mol. The number of fused-ring (bicyclic) bond motifs is 3. The highest BCUT2D eigenvalue weighted by atomic mass is 32.1. The van der Waals surface area contributed by atoms with E-state index in [2.05, 4.69) is 29.6 Å². The molecular formula is C16H18N2S. The normalized spacial score (nSPS) is 18.9. The van der Waals surface area contributed by atoms with Crippen molar-refractivity contribution in [2.75, 3.05) is 13.1 Å². The Kier molecular flexibility index (Phi) is 2.89. The van der Waals surface area contributed by atoms with Crippen LogP contribution in [0.5, 0.6) is 0 Å². The highest BCUT2D eigenvalue weighted by Gasteiger charge is 2.24. The van der Waals surface area contributed by atoms with Gasteiger partial charge in [-0.3, -0.25) is 0 Å². The van der Waals surface area contributed by atoms with E-state index in [1.807, 2.05) is 11.3 Å². The number of nitrogens with zero attached hydrogens (tertiary/aromatic N) is 1. The maximum Gasteiger partial charge on any atom is 0.0967 e. The Labute approximate surface area is 117 Å². The molecule has 0 saturated carbocycles. The van der Waals surface area contributed by atoms with Gasteiger partial charge in [0, 0.05) is 16.4 Å². The third-order valence-corrected chi connectivity index (χ3v) is 5.57. The van der Waals surface area contributed by atoms with Crippen LogP contribution < -0.4 is 5.32 Å². The molecule has 1 aliphatic carbocycles. The van der Waals surface area contributed by atoms with Gasteiger partial charge in [-0.05, 0) is 44.3 Å². The zero-order valence-electron chi connectivity index (χ0n) is 11.0. The van der Waals surface area contributed by atoms with Crippen molar-refractivity contribution in [3.05, 3.63) is 39.7 Å². The molecule has 0 bridgehead atoms. The van der Waals surface area contributed by atoms with E-state index in [9.17, 15) is 0 Å². The van der Waals surface area contributed by atoms with Gasteiger partial charge in [-0.25, -0.2) is 4.98 Å². The Hall–Kier alpha value is -1.19. The zero-order chi connectivity index (χ0) is 12.7. The number of rotatable bonds is 1. The van der Waals surface area contributed by atoms with Crippen molar-refractivity contribution in [2.45, 2.75) is 31.6 Å². The number of thiazole rings is 1. The number of aromatic nitrogens is 1. The fourth-order valence-corrected chi connectivity index (χ4v) is 4.46. The maximum absolute atomic E-state index is 5.01. The van der Waals surface area contributed by atoms with Gasteiger partial charge in [0.2, 0.25) is 0 Å². The molecule has 0 unspecified atom stereocenters. The summed E-state index contributed by atoms with van der Waals surface area (Å²) in [5.41, 5.74) is 4.12. The topological polar surface area (TPSA) is 24.9 Å². The second kappa shape index (κ2) is 4.73. The Morgan fingerprint density at radius 1 is 1.11 bits per heavy atom. The van der Waals surface area contributed by atoms with Gasteiger partial charge in [-0.15, -0.1) is 11.3 Å². The quantitative estimate of drug-likeness (QED) is 0.859. The molecule has 98 valence electrons. The molecule has 4 rings (SSSR count). The second-order valence-electron chi connectivity index (χ2n) is 5.51. The van der Waals surface area contributed by atoms with Crippen molar-refractivity contribution in [1.29, 1.82) is 0 Å². The van der Waals surface area contributed by atoms with Gasteiger partial charge in [0.25, 0.3) is 0 Å². The molecule has 1 aromatic carbocycles. The van der Waals surface area contributed by atoms with E-state index in [4.69, 9.17) is 4.98 Å². The van der Waals surface area contributed by atoms with Crippen molar-refractivity contribution >= 4 is 11.3 Å². The number of nitrogens with one attached hydrogen (secondary N) is 1. The molecule has 0 spiro atoms. The lowest BCUT2D eigenvalue weighted by Crippen LogP contribution is -2.26. The molecule has 1 aliphatic heterocycles. The maximum atomic E-state index is 5.01. The summed E-state index contributed by atoms with van der Waals surface area (Å²) < 4.78 is 0. The molecule has 0 amide bonds. The van der Waals surface area contributed by atoms with Gasteiger partial charge >= 0.3 is 0 Å². The average Bonchev–Trinajstić information content (AvgIpc) is 2.93. The second-order valence-corrected chi connectivity index (χ2v) is 6.62. The van der Waals surface area contributed by atoms with Gasteiger partial charge in [0.1, 0.15) is 0 Å². The van der Waals surface area contributed by atoms with E-state index in [-0.39, 0.29) is 0 Å². The van der Waals surface area contributed by atoms with Crippen molar-refractivity contribution in [2.24, 2.45) is 0 Å². The Morgan fingerprint density at radius 3 is 2.84 bits per heavy atom. The van der Waals surface area contributed by atoms with Gasteiger partial charge in [-0.1, -0.05) is 24.3 Å². The summed E-state index contributed by atoms with van der Waals surface area (Å²) in [6.45, 7) is 2.29. The van der Waals surface area contributed by atoms with Crippen molar-refractivity contribution in [3.63, 3.8) is 0 Å². The first kappa shape index (κ1) is 11.6.